The van der Waals surface area contributed by atoms with Crippen molar-refractivity contribution in [3.05, 3.63) is 0 Å². The molecule has 0 aromatic carbocycles. The summed E-state index contributed by atoms with van der Waals surface area (Å²) >= 11 is 0. The highest BCUT2D eigenvalue weighted by atomic mass is 16.6. The zero-order valence-electron chi connectivity index (χ0n) is 13.8. The Labute approximate surface area is 127 Å². The summed E-state index contributed by atoms with van der Waals surface area (Å²) in [5.41, 5.74) is -1.11. The molecule has 0 bridgehead atoms. The van der Waals surface area contributed by atoms with Crippen LogP contribution in [0.1, 0.15) is 60.3 Å². The Morgan fingerprint density at radius 2 is 1.67 bits per heavy atom. The molecule has 0 saturated heterocycles. The summed E-state index contributed by atoms with van der Waals surface area (Å²) < 4.78 is 5.21. The van der Waals surface area contributed by atoms with Gasteiger partial charge in [0.25, 0.3) is 0 Å². The molecule has 0 heterocycles. The van der Waals surface area contributed by atoms with E-state index >= 15 is 0 Å². The average molecular weight is 299 g/mol. The van der Waals surface area contributed by atoms with Crippen LogP contribution in [0.15, 0.2) is 0 Å². The quantitative estimate of drug-likeness (QED) is 0.746. The zero-order chi connectivity index (χ0) is 16.1. The van der Waals surface area contributed by atoms with E-state index < -0.39 is 17.2 Å². The second-order valence-electron chi connectivity index (χ2n) is 7.32. The number of amides is 3. The van der Waals surface area contributed by atoms with Gasteiger partial charge in [0.05, 0.1) is 5.54 Å². The van der Waals surface area contributed by atoms with Crippen LogP contribution >= 0.6 is 0 Å². The van der Waals surface area contributed by atoms with Gasteiger partial charge in [0, 0.05) is 12.6 Å². The van der Waals surface area contributed by atoms with E-state index in [9.17, 15) is 9.59 Å². The van der Waals surface area contributed by atoms with Crippen LogP contribution < -0.4 is 16.0 Å². The van der Waals surface area contributed by atoms with Gasteiger partial charge < -0.3 is 20.7 Å². The summed E-state index contributed by atoms with van der Waals surface area (Å²) in [5.74, 6) is 0. The normalized spacial score (nSPS) is 16.4. The van der Waals surface area contributed by atoms with E-state index in [4.69, 9.17) is 4.74 Å². The zero-order valence-corrected chi connectivity index (χ0v) is 13.8. The Hall–Kier alpha value is -1.46. The van der Waals surface area contributed by atoms with Crippen molar-refractivity contribution in [1.82, 2.24) is 16.0 Å². The van der Waals surface area contributed by atoms with E-state index in [1.54, 1.807) is 0 Å². The van der Waals surface area contributed by atoms with Crippen LogP contribution in [0, 0.1) is 0 Å². The number of hydrogen-bond donors (Lipinski definition) is 3. The third-order valence-electron chi connectivity index (χ3n) is 3.22. The Balaban J connectivity index is 2.30. The maximum Gasteiger partial charge on any atom is 0.408 e. The molecule has 1 saturated carbocycles. The molecule has 0 aromatic heterocycles. The Bertz CT molecular complexity index is 369. The van der Waals surface area contributed by atoms with Gasteiger partial charge in [0.1, 0.15) is 5.60 Å². The third kappa shape index (κ3) is 7.78. The first-order chi connectivity index (χ1) is 9.57. The summed E-state index contributed by atoms with van der Waals surface area (Å²) in [7, 11) is 0. The van der Waals surface area contributed by atoms with Crippen LogP contribution in [0.4, 0.5) is 9.59 Å². The Morgan fingerprint density at radius 1 is 1.10 bits per heavy atom. The standard InChI is InChI=1S/C15H29N3O3/c1-14(2,3)21-13(20)18-15(4,5)10-16-12(19)17-11-8-6-7-9-11/h11H,6-10H2,1-5H3,(H,18,20)(H2,16,17,19). The first kappa shape index (κ1) is 17.6. The van der Waals surface area contributed by atoms with Crippen molar-refractivity contribution >= 4 is 12.1 Å². The first-order valence-corrected chi connectivity index (χ1v) is 7.63. The summed E-state index contributed by atoms with van der Waals surface area (Å²) in [6.07, 6.45) is 3.97. The molecule has 0 spiro atoms. The van der Waals surface area contributed by atoms with E-state index in [1.165, 1.54) is 12.8 Å². The van der Waals surface area contributed by atoms with Gasteiger partial charge in [0.15, 0.2) is 0 Å². The van der Waals surface area contributed by atoms with Gasteiger partial charge in [-0.05, 0) is 47.5 Å². The SMILES string of the molecule is CC(C)(CNC(=O)NC1CCCC1)NC(=O)OC(C)(C)C. The van der Waals surface area contributed by atoms with E-state index in [0.29, 0.717) is 6.54 Å². The number of carbonyl (C=O) groups excluding carboxylic acids is 2. The minimum absolute atomic E-state index is 0.180. The lowest BCUT2D eigenvalue weighted by atomic mass is 10.1. The van der Waals surface area contributed by atoms with Gasteiger partial charge in [-0.15, -0.1) is 0 Å². The van der Waals surface area contributed by atoms with Crippen molar-refractivity contribution in [3.8, 4) is 0 Å². The summed E-state index contributed by atoms with van der Waals surface area (Å²) in [6.45, 7) is 9.46. The van der Waals surface area contributed by atoms with E-state index in [0.717, 1.165) is 12.8 Å². The van der Waals surface area contributed by atoms with E-state index in [-0.39, 0.29) is 12.1 Å². The Kier molecular flexibility index (Phi) is 5.87. The number of urea groups is 1. The molecule has 0 unspecified atom stereocenters. The fourth-order valence-electron chi connectivity index (χ4n) is 2.23. The van der Waals surface area contributed by atoms with E-state index in [2.05, 4.69) is 16.0 Å². The largest absolute Gasteiger partial charge is 0.444 e. The van der Waals surface area contributed by atoms with Crippen molar-refractivity contribution < 1.29 is 14.3 Å². The molecule has 3 N–H and O–H groups in total. The van der Waals surface area contributed by atoms with Crippen LogP contribution in [0.5, 0.6) is 0 Å². The summed E-state index contributed by atoms with van der Waals surface area (Å²) in [6, 6.07) is 0.105. The van der Waals surface area contributed by atoms with Crippen LogP contribution in [-0.2, 0) is 4.74 Å². The smallest absolute Gasteiger partial charge is 0.408 e. The van der Waals surface area contributed by atoms with Crippen molar-refractivity contribution in [1.29, 1.82) is 0 Å². The molecule has 0 radical (unpaired) electrons. The molecule has 6 heteroatoms. The maximum absolute atomic E-state index is 11.8. The van der Waals surface area contributed by atoms with Crippen LogP contribution in [0.3, 0.4) is 0 Å². The summed E-state index contributed by atoms with van der Waals surface area (Å²) in [5, 5.41) is 8.50. The highest BCUT2D eigenvalue weighted by Crippen LogP contribution is 2.17. The van der Waals surface area contributed by atoms with Gasteiger partial charge in [-0.1, -0.05) is 12.8 Å². The molecule has 0 atom stereocenters. The molecule has 3 amide bonds. The molecule has 122 valence electrons. The van der Waals surface area contributed by atoms with Crippen LogP contribution in [0.25, 0.3) is 0 Å². The van der Waals surface area contributed by atoms with Gasteiger partial charge in [-0.3, -0.25) is 0 Å². The summed E-state index contributed by atoms with van der Waals surface area (Å²) in [4.78, 5) is 23.5. The molecule has 1 aliphatic carbocycles. The lowest BCUT2D eigenvalue weighted by Gasteiger charge is -2.29. The second kappa shape index (κ2) is 7.00. The monoisotopic (exact) mass is 299 g/mol. The molecule has 1 rings (SSSR count). The molecule has 1 aliphatic rings. The highest BCUT2D eigenvalue weighted by molar-refractivity contribution is 5.74. The number of ether oxygens (including phenoxy) is 1. The molecular weight excluding hydrogens is 270 g/mol. The van der Waals surface area contributed by atoms with Crippen molar-refractivity contribution in [3.63, 3.8) is 0 Å². The minimum atomic E-state index is -0.574. The predicted molar refractivity (Wildman–Crippen MR) is 82.2 cm³/mol. The fourth-order valence-corrected chi connectivity index (χ4v) is 2.23. The molecule has 0 aromatic rings. The number of hydrogen-bond acceptors (Lipinski definition) is 3. The average Bonchev–Trinajstić information content (AvgIpc) is 2.75. The molecular formula is C15H29N3O3. The minimum Gasteiger partial charge on any atom is -0.444 e. The van der Waals surface area contributed by atoms with Gasteiger partial charge in [-0.25, -0.2) is 9.59 Å². The van der Waals surface area contributed by atoms with E-state index in [1.807, 2.05) is 34.6 Å². The lowest BCUT2D eigenvalue weighted by molar-refractivity contribution is 0.0472. The number of rotatable bonds is 4. The molecule has 1 fully saturated rings. The highest BCUT2D eigenvalue weighted by Gasteiger charge is 2.25. The first-order valence-electron chi connectivity index (χ1n) is 7.63. The van der Waals surface area contributed by atoms with Crippen molar-refractivity contribution in [2.45, 2.75) is 77.5 Å². The number of nitrogens with one attached hydrogen (secondary N) is 3. The Morgan fingerprint density at radius 3 is 2.19 bits per heavy atom. The molecule has 0 aliphatic heterocycles. The van der Waals surface area contributed by atoms with Crippen molar-refractivity contribution in [2.24, 2.45) is 0 Å². The van der Waals surface area contributed by atoms with Crippen LogP contribution in [0.2, 0.25) is 0 Å². The van der Waals surface area contributed by atoms with Gasteiger partial charge in [-0.2, -0.15) is 0 Å². The van der Waals surface area contributed by atoms with Gasteiger partial charge in [0.2, 0.25) is 0 Å². The maximum atomic E-state index is 11.8. The molecule has 6 nitrogen and oxygen atoms in total. The number of carbonyl (C=O) groups is 2. The fraction of sp³-hybridized carbons (Fsp3) is 0.867. The molecule has 21 heavy (non-hydrogen) atoms. The predicted octanol–water partition coefficient (Wildman–Crippen LogP) is 2.53. The number of alkyl carbamates (subject to hydrolysis) is 1. The second-order valence-corrected chi connectivity index (χ2v) is 7.32. The lowest BCUT2D eigenvalue weighted by Crippen LogP contribution is -2.54. The topological polar surface area (TPSA) is 79.5 Å². The van der Waals surface area contributed by atoms with Crippen molar-refractivity contribution in [2.75, 3.05) is 6.54 Å². The van der Waals surface area contributed by atoms with Gasteiger partial charge >= 0.3 is 12.1 Å². The van der Waals surface area contributed by atoms with Crippen LogP contribution in [-0.4, -0.2) is 35.9 Å². The third-order valence-corrected chi connectivity index (χ3v) is 3.22.